The van der Waals surface area contributed by atoms with Crippen LogP contribution in [0.1, 0.15) is 46.2 Å². The van der Waals surface area contributed by atoms with Crippen molar-refractivity contribution in [3.63, 3.8) is 0 Å². The number of para-hydroxylation sites is 1. The van der Waals surface area contributed by atoms with E-state index in [9.17, 15) is 4.79 Å². The first-order valence-electron chi connectivity index (χ1n) is 8.98. The third-order valence-corrected chi connectivity index (χ3v) is 6.15. The minimum atomic E-state index is 0.0564. The topological polar surface area (TPSA) is 42.4 Å². The second kappa shape index (κ2) is 7.08. The molecule has 3 aromatic rings. The monoisotopic (exact) mass is 366 g/mol. The van der Waals surface area contributed by atoms with Crippen molar-refractivity contribution in [2.24, 2.45) is 0 Å². The molecule has 0 radical (unpaired) electrons. The fraction of sp³-hybridized carbons (Fsp3) is 0.333. The van der Waals surface area contributed by atoms with Crippen molar-refractivity contribution in [2.75, 3.05) is 13.7 Å². The summed E-state index contributed by atoms with van der Waals surface area (Å²) in [5, 5.41) is 1.04. The van der Waals surface area contributed by atoms with E-state index in [2.05, 4.69) is 6.07 Å². The maximum atomic E-state index is 13.2. The molecule has 0 aliphatic carbocycles. The Kier molecular flexibility index (Phi) is 4.64. The first kappa shape index (κ1) is 17.0. The summed E-state index contributed by atoms with van der Waals surface area (Å²) in [6, 6.07) is 13.9. The summed E-state index contributed by atoms with van der Waals surface area (Å²) >= 11 is 1.70. The Morgan fingerprint density at radius 2 is 2.08 bits per heavy atom. The van der Waals surface area contributed by atoms with Gasteiger partial charge in [-0.05, 0) is 56.0 Å². The van der Waals surface area contributed by atoms with E-state index in [1.807, 2.05) is 48.2 Å². The lowest BCUT2D eigenvalue weighted by Gasteiger charge is -2.34. The molecule has 1 aliphatic heterocycles. The number of benzene rings is 2. The van der Waals surface area contributed by atoms with Gasteiger partial charge in [-0.25, -0.2) is 4.98 Å². The summed E-state index contributed by atoms with van der Waals surface area (Å²) in [6.07, 6.45) is 3.13. The number of thiazole rings is 1. The number of piperidine rings is 1. The summed E-state index contributed by atoms with van der Waals surface area (Å²) in [5.41, 5.74) is 2.73. The molecule has 1 atom stereocenters. The quantitative estimate of drug-likeness (QED) is 0.656. The molecule has 1 aliphatic rings. The number of aromatic nitrogens is 1. The molecule has 1 amide bonds. The average molecular weight is 366 g/mol. The number of hydrogen-bond acceptors (Lipinski definition) is 4. The minimum Gasteiger partial charge on any atom is -0.496 e. The third-order valence-electron chi connectivity index (χ3n) is 5.01. The minimum absolute atomic E-state index is 0.0564. The van der Waals surface area contributed by atoms with Gasteiger partial charge in [0.2, 0.25) is 0 Å². The Hall–Kier alpha value is -2.40. The Bertz CT molecular complexity index is 917. The van der Waals surface area contributed by atoms with E-state index in [-0.39, 0.29) is 11.9 Å². The van der Waals surface area contributed by atoms with Crippen molar-refractivity contribution in [2.45, 2.75) is 32.2 Å². The van der Waals surface area contributed by atoms with E-state index in [1.165, 1.54) is 4.70 Å². The Morgan fingerprint density at radius 3 is 2.88 bits per heavy atom. The van der Waals surface area contributed by atoms with E-state index in [1.54, 1.807) is 18.4 Å². The maximum Gasteiger partial charge on any atom is 0.254 e. The third kappa shape index (κ3) is 3.07. The highest BCUT2D eigenvalue weighted by Crippen LogP contribution is 2.36. The largest absolute Gasteiger partial charge is 0.496 e. The number of carbonyl (C=O) groups is 1. The predicted molar refractivity (Wildman–Crippen MR) is 105 cm³/mol. The van der Waals surface area contributed by atoms with Gasteiger partial charge in [-0.3, -0.25) is 4.79 Å². The molecule has 0 saturated carbocycles. The van der Waals surface area contributed by atoms with Crippen LogP contribution in [0.2, 0.25) is 0 Å². The molecule has 0 unspecified atom stereocenters. The number of methoxy groups -OCH3 is 1. The van der Waals surface area contributed by atoms with Crippen LogP contribution < -0.4 is 4.74 Å². The molecule has 1 aromatic heterocycles. The van der Waals surface area contributed by atoms with Gasteiger partial charge in [0.1, 0.15) is 10.8 Å². The first-order valence-corrected chi connectivity index (χ1v) is 9.80. The van der Waals surface area contributed by atoms with Crippen LogP contribution in [-0.2, 0) is 0 Å². The number of nitrogens with zero attached hydrogens (tertiary/aromatic N) is 2. The molecule has 2 aromatic carbocycles. The van der Waals surface area contributed by atoms with Crippen LogP contribution in [0.4, 0.5) is 0 Å². The molecule has 2 heterocycles. The molecule has 5 heteroatoms. The highest BCUT2D eigenvalue weighted by atomic mass is 32.1. The summed E-state index contributed by atoms with van der Waals surface area (Å²) in [4.78, 5) is 20.0. The van der Waals surface area contributed by atoms with Gasteiger partial charge in [0.05, 0.1) is 23.4 Å². The molecule has 1 fully saturated rings. The summed E-state index contributed by atoms with van der Waals surface area (Å²) in [5.74, 6) is 0.816. The summed E-state index contributed by atoms with van der Waals surface area (Å²) < 4.78 is 6.57. The van der Waals surface area contributed by atoms with Gasteiger partial charge >= 0.3 is 0 Å². The van der Waals surface area contributed by atoms with Crippen molar-refractivity contribution >= 4 is 27.5 Å². The molecule has 4 nitrogen and oxygen atoms in total. The molecule has 0 spiro atoms. The molecular formula is C21H22N2O2S. The zero-order chi connectivity index (χ0) is 18.1. The number of ether oxygens (including phenoxy) is 1. The van der Waals surface area contributed by atoms with E-state index in [0.29, 0.717) is 5.56 Å². The number of carbonyl (C=O) groups excluding carboxylic acids is 1. The Morgan fingerprint density at radius 1 is 1.23 bits per heavy atom. The van der Waals surface area contributed by atoms with Crippen LogP contribution in [0.25, 0.3) is 10.2 Å². The van der Waals surface area contributed by atoms with Gasteiger partial charge in [-0.1, -0.05) is 18.2 Å². The fourth-order valence-corrected chi connectivity index (χ4v) is 4.70. The maximum absolute atomic E-state index is 13.2. The van der Waals surface area contributed by atoms with Crippen LogP contribution in [0.5, 0.6) is 5.75 Å². The van der Waals surface area contributed by atoms with Crippen LogP contribution in [0.15, 0.2) is 42.5 Å². The predicted octanol–water partition coefficient (Wildman–Crippen LogP) is 4.98. The van der Waals surface area contributed by atoms with Gasteiger partial charge in [-0.2, -0.15) is 0 Å². The van der Waals surface area contributed by atoms with E-state index >= 15 is 0 Å². The highest BCUT2D eigenvalue weighted by Gasteiger charge is 2.31. The van der Waals surface area contributed by atoms with Crippen LogP contribution >= 0.6 is 11.3 Å². The van der Waals surface area contributed by atoms with Gasteiger partial charge in [0.25, 0.3) is 5.91 Å². The molecule has 1 saturated heterocycles. The van der Waals surface area contributed by atoms with Crippen LogP contribution in [0, 0.1) is 6.92 Å². The number of rotatable bonds is 3. The smallest absolute Gasteiger partial charge is 0.254 e. The fourth-order valence-electron chi connectivity index (χ4n) is 3.58. The van der Waals surface area contributed by atoms with Crippen molar-refractivity contribution in [1.29, 1.82) is 0 Å². The SMILES string of the molecule is COc1cc(C(=O)N2CCCC[C@H]2c2nc3ccccc3s2)ccc1C. The summed E-state index contributed by atoms with van der Waals surface area (Å²) in [7, 11) is 1.64. The molecular weight excluding hydrogens is 344 g/mol. The molecule has 26 heavy (non-hydrogen) atoms. The molecule has 4 rings (SSSR count). The molecule has 0 bridgehead atoms. The Balaban J connectivity index is 1.67. The van der Waals surface area contributed by atoms with Gasteiger partial charge in [0.15, 0.2) is 0 Å². The normalized spacial score (nSPS) is 17.5. The zero-order valence-electron chi connectivity index (χ0n) is 15.1. The van der Waals surface area contributed by atoms with Gasteiger partial charge in [0, 0.05) is 12.1 Å². The number of hydrogen-bond donors (Lipinski definition) is 0. The van der Waals surface area contributed by atoms with E-state index in [0.717, 1.165) is 47.6 Å². The first-order chi connectivity index (χ1) is 12.7. The highest BCUT2D eigenvalue weighted by molar-refractivity contribution is 7.18. The van der Waals surface area contributed by atoms with Crippen molar-refractivity contribution in [3.05, 3.63) is 58.6 Å². The number of fused-ring (bicyclic) bond motifs is 1. The van der Waals surface area contributed by atoms with Gasteiger partial charge in [-0.15, -0.1) is 11.3 Å². The summed E-state index contributed by atoms with van der Waals surface area (Å²) in [6.45, 7) is 2.76. The lowest BCUT2D eigenvalue weighted by molar-refractivity contribution is 0.0611. The van der Waals surface area contributed by atoms with Crippen molar-refractivity contribution in [1.82, 2.24) is 9.88 Å². The lowest BCUT2D eigenvalue weighted by atomic mass is 10.0. The average Bonchev–Trinajstić information content (AvgIpc) is 3.12. The molecule has 134 valence electrons. The van der Waals surface area contributed by atoms with Crippen molar-refractivity contribution < 1.29 is 9.53 Å². The van der Waals surface area contributed by atoms with Gasteiger partial charge < -0.3 is 9.64 Å². The van der Waals surface area contributed by atoms with E-state index in [4.69, 9.17) is 9.72 Å². The second-order valence-electron chi connectivity index (χ2n) is 6.71. The molecule has 0 N–H and O–H groups in total. The zero-order valence-corrected chi connectivity index (χ0v) is 15.9. The Labute approximate surface area is 157 Å². The number of aryl methyl sites for hydroxylation is 1. The van der Waals surface area contributed by atoms with Crippen LogP contribution in [-0.4, -0.2) is 29.4 Å². The van der Waals surface area contributed by atoms with Crippen LogP contribution in [0.3, 0.4) is 0 Å². The van der Waals surface area contributed by atoms with Crippen molar-refractivity contribution in [3.8, 4) is 5.75 Å². The number of likely N-dealkylation sites (tertiary alicyclic amines) is 1. The second-order valence-corrected chi connectivity index (χ2v) is 7.78. The van der Waals surface area contributed by atoms with E-state index < -0.39 is 0 Å². The standard InChI is InChI=1S/C21H22N2O2S/c1-14-10-11-15(13-18(14)25-2)21(24)23-12-6-5-8-17(23)20-22-16-7-3-4-9-19(16)26-20/h3-4,7,9-11,13,17H,5-6,8,12H2,1-2H3/t17-/m0/s1. The lowest BCUT2D eigenvalue weighted by Crippen LogP contribution is -2.38. The number of amides is 1.